The molecule has 2 aliphatic rings. The number of allylic oxidation sites excluding steroid dienone is 1. The summed E-state index contributed by atoms with van der Waals surface area (Å²) in [5.74, 6) is 0.326. The minimum absolute atomic E-state index is 0.0799. The lowest BCUT2D eigenvalue weighted by molar-refractivity contribution is -0.125. The van der Waals surface area contributed by atoms with Gasteiger partial charge in [0, 0.05) is 13.0 Å². The van der Waals surface area contributed by atoms with Gasteiger partial charge in [0.2, 0.25) is 11.8 Å². The van der Waals surface area contributed by atoms with Crippen molar-refractivity contribution >= 4 is 30.3 Å². The lowest BCUT2D eigenvalue weighted by Crippen LogP contribution is -2.40. The zero-order valence-electron chi connectivity index (χ0n) is 12.8. The van der Waals surface area contributed by atoms with Crippen LogP contribution < -0.4 is 10.6 Å². The Bertz CT molecular complexity index is 496. The largest absolute Gasteiger partial charge is 0.356 e. The highest BCUT2D eigenvalue weighted by Crippen LogP contribution is 2.31. The third-order valence-corrected chi connectivity index (χ3v) is 5.30. The molecule has 0 aromatic carbocycles. The number of hydrogen-bond donors (Lipinski definition) is 2. The van der Waals surface area contributed by atoms with E-state index in [0.29, 0.717) is 16.6 Å². The molecule has 0 aromatic heterocycles. The molecule has 22 heavy (non-hydrogen) atoms. The maximum Gasteiger partial charge on any atom is 0.238 e. The Balaban J connectivity index is 1.83. The van der Waals surface area contributed by atoms with Crippen molar-refractivity contribution in [3.8, 4) is 0 Å². The van der Waals surface area contributed by atoms with Crippen molar-refractivity contribution in [1.82, 2.24) is 10.6 Å². The smallest absolute Gasteiger partial charge is 0.238 e. The molecular weight excluding hydrogens is 298 g/mol. The normalized spacial score (nSPS) is 22.9. The molecule has 0 aromatic rings. The van der Waals surface area contributed by atoms with Crippen molar-refractivity contribution in [2.75, 3.05) is 6.54 Å². The molecule has 5 nitrogen and oxygen atoms in total. The van der Waals surface area contributed by atoms with Crippen molar-refractivity contribution in [3.63, 3.8) is 0 Å². The second-order valence-corrected chi connectivity index (χ2v) is 6.88. The number of aliphatic imine (C=N–C) groups is 1. The third kappa shape index (κ3) is 4.47. The standard InChI is InChI=1S/C16H23N3O2S/c1-3-12-16(17-2)22-13(15(21)19-12)9-14(20)18-10-11-7-5-4-6-8-11/h3,11,13H,1-2,4-10H2,(H,18,20)(H,19,21). The first-order valence-electron chi connectivity index (χ1n) is 7.71. The molecular formula is C16H23N3O2S. The predicted molar refractivity (Wildman–Crippen MR) is 90.5 cm³/mol. The summed E-state index contributed by atoms with van der Waals surface area (Å²) in [6, 6.07) is 0. The minimum atomic E-state index is -0.462. The summed E-state index contributed by atoms with van der Waals surface area (Å²) < 4.78 is 0. The van der Waals surface area contributed by atoms with Gasteiger partial charge in [-0.3, -0.25) is 14.6 Å². The Hall–Kier alpha value is -1.56. The van der Waals surface area contributed by atoms with E-state index >= 15 is 0 Å². The average Bonchev–Trinajstić information content (AvgIpc) is 2.55. The fourth-order valence-corrected chi connectivity index (χ4v) is 3.81. The van der Waals surface area contributed by atoms with Crippen LogP contribution in [0.1, 0.15) is 38.5 Å². The molecule has 2 rings (SSSR count). The minimum Gasteiger partial charge on any atom is -0.356 e. The van der Waals surface area contributed by atoms with E-state index in [-0.39, 0.29) is 18.2 Å². The molecule has 1 saturated carbocycles. The van der Waals surface area contributed by atoms with Crippen LogP contribution in [0.2, 0.25) is 0 Å². The molecule has 0 saturated heterocycles. The second-order valence-electron chi connectivity index (χ2n) is 5.69. The summed E-state index contributed by atoms with van der Waals surface area (Å²) in [5, 5.41) is 5.83. The van der Waals surface area contributed by atoms with Gasteiger partial charge in [0.15, 0.2) is 0 Å². The lowest BCUT2D eigenvalue weighted by Gasteiger charge is -2.24. The molecule has 120 valence electrons. The van der Waals surface area contributed by atoms with Gasteiger partial charge in [0.25, 0.3) is 0 Å². The number of hydrogen-bond acceptors (Lipinski definition) is 4. The van der Waals surface area contributed by atoms with E-state index in [2.05, 4.69) is 28.9 Å². The highest BCUT2D eigenvalue weighted by molar-refractivity contribution is 8.04. The Labute approximate surface area is 135 Å². The molecule has 1 heterocycles. The van der Waals surface area contributed by atoms with Crippen LogP contribution >= 0.6 is 11.8 Å². The first-order valence-corrected chi connectivity index (χ1v) is 8.59. The number of carbonyl (C=O) groups excluding carboxylic acids is 2. The summed E-state index contributed by atoms with van der Waals surface area (Å²) in [7, 11) is 0. The summed E-state index contributed by atoms with van der Waals surface area (Å²) in [6.45, 7) is 7.84. The van der Waals surface area contributed by atoms with E-state index in [1.54, 1.807) is 0 Å². The Kier molecular flexibility index (Phi) is 6.24. The van der Waals surface area contributed by atoms with Crippen molar-refractivity contribution in [1.29, 1.82) is 0 Å². The van der Waals surface area contributed by atoms with Gasteiger partial charge in [-0.15, -0.1) is 0 Å². The van der Waals surface area contributed by atoms with Gasteiger partial charge < -0.3 is 10.6 Å². The molecule has 2 amide bonds. The van der Waals surface area contributed by atoms with Crippen LogP contribution in [0, 0.1) is 5.92 Å². The number of amides is 2. The highest BCUT2D eigenvalue weighted by Gasteiger charge is 2.29. The van der Waals surface area contributed by atoms with Gasteiger partial charge in [-0.05, 0) is 31.6 Å². The number of nitrogens with zero attached hydrogens (tertiary/aromatic N) is 1. The summed E-state index contributed by atoms with van der Waals surface area (Å²) in [5.41, 5.74) is 0.559. The summed E-state index contributed by atoms with van der Waals surface area (Å²) in [4.78, 5) is 28.0. The van der Waals surface area contributed by atoms with E-state index < -0.39 is 5.25 Å². The van der Waals surface area contributed by atoms with Crippen molar-refractivity contribution in [3.05, 3.63) is 23.4 Å². The lowest BCUT2D eigenvalue weighted by atomic mass is 9.89. The maximum atomic E-state index is 12.1. The van der Waals surface area contributed by atoms with Gasteiger partial charge in [0.05, 0.1) is 10.9 Å². The quantitative estimate of drug-likeness (QED) is 0.738. The van der Waals surface area contributed by atoms with E-state index in [1.165, 1.54) is 49.9 Å². The number of carbonyl (C=O) groups is 2. The second kappa shape index (κ2) is 8.17. The first kappa shape index (κ1) is 16.8. The van der Waals surface area contributed by atoms with Crippen LogP contribution in [-0.2, 0) is 9.59 Å². The number of thioether (sulfide) groups is 1. The number of nitrogens with one attached hydrogen (secondary N) is 2. The van der Waals surface area contributed by atoms with Crippen LogP contribution in [0.4, 0.5) is 0 Å². The first-order chi connectivity index (χ1) is 10.6. The van der Waals surface area contributed by atoms with Crippen molar-refractivity contribution in [2.24, 2.45) is 10.9 Å². The monoisotopic (exact) mass is 321 g/mol. The zero-order chi connectivity index (χ0) is 15.9. The highest BCUT2D eigenvalue weighted by atomic mass is 32.2. The molecule has 1 fully saturated rings. The third-order valence-electron chi connectivity index (χ3n) is 4.07. The molecule has 1 aliphatic carbocycles. The maximum absolute atomic E-state index is 12.1. The van der Waals surface area contributed by atoms with Crippen LogP contribution in [0.3, 0.4) is 0 Å². The summed E-state index contributed by atoms with van der Waals surface area (Å²) in [6.07, 6.45) is 7.89. The Morgan fingerprint density at radius 3 is 2.77 bits per heavy atom. The van der Waals surface area contributed by atoms with E-state index in [4.69, 9.17) is 0 Å². The van der Waals surface area contributed by atoms with Gasteiger partial charge in [0.1, 0.15) is 5.03 Å². The SMILES string of the molecule is C=CC1=C(N=C)SC(CC(=O)NCC2CCCCC2)C(=O)N1. The van der Waals surface area contributed by atoms with Crippen LogP contribution in [0.5, 0.6) is 0 Å². The average molecular weight is 321 g/mol. The Morgan fingerprint density at radius 1 is 1.41 bits per heavy atom. The van der Waals surface area contributed by atoms with Crippen molar-refractivity contribution in [2.45, 2.75) is 43.8 Å². The molecule has 2 N–H and O–H groups in total. The van der Waals surface area contributed by atoms with Crippen LogP contribution in [0.15, 0.2) is 28.4 Å². The fourth-order valence-electron chi connectivity index (χ4n) is 2.80. The topological polar surface area (TPSA) is 70.6 Å². The zero-order valence-corrected chi connectivity index (χ0v) is 13.6. The van der Waals surface area contributed by atoms with Crippen LogP contribution in [-0.4, -0.2) is 30.3 Å². The summed E-state index contributed by atoms with van der Waals surface area (Å²) >= 11 is 1.27. The van der Waals surface area contributed by atoms with Crippen molar-refractivity contribution < 1.29 is 9.59 Å². The van der Waals surface area contributed by atoms with Crippen LogP contribution in [0.25, 0.3) is 0 Å². The van der Waals surface area contributed by atoms with Gasteiger partial charge in [-0.25, -0.2) is 0 Å². The van der Waals surface area contributed by atoms with Gasteiger partial charge in [-0.1, -0.05) is 37.6 Å². The molecule has 1 unspecified atom stereocenters. The molecule has 1 atom stereocenters. The molecule has 1 aliphatic heterocycles. The molecule has 6 heteroatoms. The molecule has 0 spiro atoms. The van der Waals surface area contributed by atoms with Gasteiger partial charge in [-0.2, -0.15) is 0 Å². The Morgan fingerprint density at radius 2 is 2.14 bits per heavy atom. The predicted octanol–water partition coefficient (Wildman–Crippen LogP) is 2.36. The molecule has 0 bridgehead atoms. The van der Waals surface area contributed by atoms with E-state index in [0.717, 1.165) is 6.54 Å². The molecule has 0 radical (unpaired) electrons. The van der Waals surface area contributed by atoms with E-state index in [9.17, 15) is 9.59 Å². The number of rotatable bonds is 6. The van der Waals surface area contributed by atoms with E-state index in [1.807, 2.05) is 0 Å². The van der Waals surface area contributed by atoms with Gasteiger partial charge >= 0.3 is 0 Å². The fraction of sp³-hybridized carbons (Fsp3) is 0.562.